The summed E-state index contributed by atoms with van der Waals surface area (Å²) in [6, 6.07) is 3.00. The lowest BCUT2D eigenvalue weighted by Gasteiger charge is -2.09. The highest BCUT2D eigenvalue weighted by Crippen LogP contribution is 2.18. The Morgan fingerprint density at radius 1 is 1.40 bits per heavy atom. The number of aryl methyl sites for hydroxylation is 2. The molecule has 20 heavy (non-hydrogen) atoms. The number of anilines is 1. The molecule has 0 aliphatic heterocycles. The molecular weight excluding hydrogens is 282 g/mol. The Morgan fingerprint density at radius 2 is 2.10 bits per heavy atom. The quantitative estimate of drug-likeness (QED) is 0.885. The molecule has 2 rings (SSSR count). The summed E-state index contributed by atoms with van der Waals surface area (Å²) in [7, 11) is 1.61. The van der Waals surface area contributed by atoms with Gasteiger partial charge in [0.2, 0.25) is 0 Å². The minimum atomic E-state index is -0.624. The number of aromatic nitrogens is 3. The minimum absolute atomic E-state index is 0.138. The van der Waals surface area contributed by atoms with E-state index in [2.05, 4.69) is 15.4 Å². The highest BCUT2D eigenvalue weighted by molar-refractivity contribution is 6.34. The normalized spacial score (nSPS) is 10.3. The first-order chi connectivity index (χ1) is 9.40. The van der Waals surface area contributed by atoms with E-state index in [1.807, 2.05) is 0 Å². The lowest BCUT2D eigenvalue weighted by Crippen LogP contribution is -2.19. The van der Waals surface area contributed by atoms with Crippen molar-refractivity contribution in [1.82, 2.24) is 14.8 Å². The number of hydrogen-bond donors (Lipinski definition) is 2. The van der Waals surface area contributed by atoms with Crippen LogP contribution in [0, 0.1) is 6.92 Å². The maximum atomic E-state index is 12.1. The highest BCUT2D eigenvalue weighted by atomic mass is 35.5. The molecule has 0 spiro atoms. The standard InChI is InChI=1S/C12H12ClN5O2/c1-6-8(3-4-9(16-6)11(14)19)17-12(20)10-7(13)5-15-18(10)2/h3-5H,1-2H3,(H2,14,19)(H,17,20). The number of carbonyl (C=O) groups excluding carboxylic acids is 2. The van der Waals surface area contributed by atoms with Crippen molar-refractivity contribution in [2.45, 2.75) is 6.92 Å². The smallest absolute Gasteiger partial charge is 0.275 e. The van der Waals surface area contributed by atoms with Gasteiger partial charge in [-0.15, -0.1) is 0 Å². The Labute approximate surface area is 119 Å². The molecule has 0 unspecified atom stereocenters. The van der Waals surface area contributed by atoms with Crippen LogP contribution in [-0.2, 0) is 7.05 Å². The minimum Gasteiger partial charge on any atom is -0.364 e. The number of amides is 2. The summed E-state index contributed by atoms with van der Waals surface area (Å²) < 4.78 is 1.37. The van der Waals surface area contributed by atoms with Crippen molar-refractivity contribution < 1.29 is 9.59 Å². The molecule has 8 heteroatoms. The van der Waals surface area contributed by atoms with Gasteiger partial charge in [-0.2, -0.15) is 5.10 Å². The van der Waals surface area contributed by atoms with E-state index in [9.17, 15) is 9.59 Å². The van der Waals surface area contributed by atoms with Crippen molar-refractivity contribution in [1.29, 1.82) is 0 Å². The molecule has 0 saturated heterocycles. The number of rotatable bonds is 3. The fraction of sp³-hybridized carbons (Fsp3) is 0.167. The SMILES string of the molecule is Cc1nc(C(N)=O)ccc1NC(=O)c1c(Cl)cnn1C. The van der Waals surface area contributed by atoms with Gasteiger partial charge in [0.05, 0.1) is 22.6 Å². The van der Waals surface area contributed by atoms with Crippen LogP contribution in [0.2, 0.25) is 5.02 Å². The van der Waals surface area contributed by atoms with Gasteiger partial charge < -0.3 is 11.1 Å². The van der Waals surface area contributed by atoms with Crippen LogP contribution >= 0.6 is 11.6 Å². The predicted molar refractivity (Wildman–Crippen MR) is 73.7 cm³/mol. The number of hydrogen-bond acceptors (Lipinski definition) is 4. The van der Waals surface area contributed by atoms with Crippen molar-refractivity contribution in [2.24, 2.45) is 12.8 Å². The third kappa shape index (κ3) is 2.62. The summed E-state index contributed by atoms with van der Waals surface area (Å²) >= 11 is 5.89. The average Bonchev–Trinajstić information content (AvgIpc) is 2.71. The number of pyridine rings is 1. The Morgan fingerprint density at radius 3 is 2.60 bits per heavy atom. The molecule has 2 amide bonds. The summed E-state index contributed by atoms with van der Waals surface area (Å²) in [6.07, 6.45) is 1.39. The molecule has 0 atom stereocenters. The summed E-state index contributed by atoms with van der Waals surface area (Å²) in [5, 5.41) is 6.80. The fourth-order valence-corrected chi connectivity index (χ4v) is 1.93. The van der Waals surface area contributed by atoms with E-state index in [-0.39, 0.29) is 16.4 Å². The van der Waals surface area contributed by atoms with E-state index in [4.69, 9.17) is 17.3 Å². The summed E-state index contributed by atoms with van der Waals surface area (Å²) in [5.41, 5.74) is 6.46. The van der Waals surface area contributed by atoms with E-state index in [1.54, 1.807) is 20.0 Å². The fourth-order valence-electron chi connectivity index (χ4n) is 1.68. The van der Waals surface area contributed by atoms with Gasteiger partial charge >= 0.3 is 0 Å². The van der Waals surface area contributed by atoms with E-state index < -0.39 is 11.8 Å². The van der Waals surface area contributed by atoms with E-state index in [1.165, 1.54) is 16.9 Å². The third-order valence-corrected chi connectivity index (χ3v) is 2.97. The first kappa shape index (κ1) is 14.0. The van der Waals surface area contributed by atoms with Crippen LogP contribution in [0.4, 0.5) is 5.69 Å². The zero-order chi connectivity index (χ0) is 14.9. The third-order valence-electron chi connectivity index (χ3n) is 2.70. The van der Waals surface area contributed by atoms with E-state index in [0.29, 0.717) is 11.4 Å². The average molecular weight is 294 g/mol. The molecular formula is C12H12ClN5O2. The van der Waals surface area contributed by atoms with Gasteiger partial charge in [0.15, 0.2) is 0 Å². The number of nitrogens with two attached hydrogens (primary N) is 1. The van der Waals surface area contributed by atoms with Crippen LogP contribution in [0.5, 0.6) is 0 Å². The van der Waals surface area contributed by atoms with Gasteiger partial charge in [-0.3, -0.25) is 14.3 Å². The molecule has 0 radical (unpaired) electrons. The monoisotopic (exact) mass is 293 g/mol. The Bertz CT molecular complexity index is 676. The molecule has 0 bridgehead atoms. The first-order valence-electron chi connectivity index (χ1n) is 5.66. The maximum absolute atomic E-state index is 12.1. The van der Waals surface area contributed by atoms with Crippen LogP contribution < -0.4 is 11.1 Å². The Hall–Kier alpha value is -2.41. The van der Waals surface area contributed by atoms with Crippen molar-refractivity contribution in [3.63, 3.8) is 0 Å². The number of nitrogens with zero attached hydrogens (tertiary/aromatic N) is 3. The highest BCUT2D eigenvalue weighted by Gasteiger charge is 2.17. The zero-order valence-corrected chi connectivity index (χ0v) is 11.6. The van der Waals surface area contributed by atoms with E-state index in [0.717, 1.165) is 0 Å². The lowest BCUT2D eigenvalue weighted by atomic mass is 10.2. The Kier molecular flexibility index (Phi) is 3.71. The van der Waals surface area contributed by atoms with E-state index >= 15 is 0 Å². The molecule has 0 fully saturated rings. The molecule has 0 aromatic carbocycles. The van der Waals surface area contributed by atoms with Gasteiger partial charge in [0.25, 0.3) is 11.8 Å². The predicted octanol–water partition coefficient (Wildman–Crippen LogP) is 1.13. The van der Waals surface area contributed by atoms with Crippen LogP contribution in [-0.4, -0.2) is 26.6 Å². The molecule has 2 aromatic rings. The largest absolute Gasteiger partial charge is 0.364 e. The van der Waals surface area contributed by atoms with Crippen LogP contribution in [0.15, 0.2) is 18.3 Å². The number of halogens is 1. The topological polar surface area (TPSA) is 103 Å². The summed E-state index contributed by atoms with van der Waals surface area (Å²) in [5.74, 6) is -1.03. The summed E-state index contributed by atoms with van der Waals surface area (Å²) in [6.45, 7) is 1.66. The second-order valence-corrected chi connectivity index (χ2v) is 4.52. The first-order valence-corrected chi connectivity index (χ1v) is 6.04. The molecule has 2 aromatic heterocycles. The van der Waals surface area contributed by atoms with Gasteiger partial charge in [-0.05, 0) is 19.1 Å². The van der Waals surface area contributed by atoms with Gasteiger partial charge in [-0.1, -0.05) is 11.6 Å². The molecule has 3 N–H and O–H groups in total. The van der Waals surface area contributed by atoms with Gasteiger partial charge in [0, 0.05) is 7.05 Å². The molecule has 104 valence electrons. The zero-order valence-electron chi connectivity index (χ0n) is 10.8. The summed E-state index contributed by atoms with van der Waals surface area (Å²) in [4.78, 5) is 27.1. The van der Waals surface area contributed by atoms with Crippen molar-refractivity contribution in [3.05, 3.63) is 40.4 Å². The van der Waals surface area contributed by atoms with Gasteiger partial charge in [0.1, 0.15) is 11.4 Å². The Balaban J connectivity index is 2.27. The van der Waals surface area contributed by atoms with Crippen LogP contribution in [0.1, 0.15) is 26.7 Å². The van der Waals surface area contributed by atoms with Crippen LogP contribution in [0.25, 0.3) is 0 Å². The molecule has 0 aliphatic rings. The lowest BCUT2D eigenvalue weighted by molar-refractivity contribution is 0.0993. The number of carbonyl (C=O) groups is 2. The van der Waals surface area contributed by atoms with Gasteiger partial charge in [-0.25, -0.2) is 4.98 Å². The molecule has 0 saturated carbocycles. The van der Waals surface area contributed by atoms with Crippen molar-refractivity contribution in [2.75, 3.05) is 5.32 Å². The maximum Gasteiger partial charge on any atom is 0.275 e. The number of nitrogens with one attached hydrogen (secondary N) is 1. The molecule has 7 nitrogen and oxygen atoms in total. The van der Waals surface area contributed by atoms with Crippen LogP contribution in [0.3, 0.4) is 0 Å². The number of primary amides is 1. The van der Waals surface area contributed by atoms with Crippen molar-refractivity contribution in [3.8, 4) is 0 Å². The van der Waals surface area contributed by atoms with Crippen molar-refractivity contribution >= 4 is 29.1 Å². The molecule has 0 aliphatic carbocycles. The molecule has 2 heterocycles. The second kappa shape index (κ2) is 5.30. The second-order valence-electron chi connectivity index (χ2n) is 4.11.